The second kappa shape index (κ2) is 7.00. The molecule has 0 unspecified atom stereocenters. The molecule has 5 nitrogen and oxygen atoms in total. The summed E-state index contributed by atoms with van der Waals surface area (Å²) in [5.74, 6) is 0.358. The van der Waals surface area contributed by atoms with Crippen LogP contribution in [0.15, 0.2) is 53.6 Å². The lowest BCUT2D eigenvalue weighted by molar-refractivity contribution is -0.123. The Morgan fingerprint density at radius 2 is 1.92 bits per heavy atom. The number of hydrogen-bond donors (Lipinski definition) is 2. The van der Waals surface area contributed by atoms with Crippen molar-refractivity contribution in [1.82, 2.24) is 10.4 Å². The minimum absolute atomic E-state index is 0.0761. The Morgan fingerprint density at radius 3 is 2.71 bits per heavy atom. The Labute approximate surface area is 140 Å². The third-order valence-corrected chi connectivity index (χ3v) is 3.72. The molecular weight excluding hydrogens is 302 g/mol. The van der Waals surface area contributed by atoms with Gasteiger partial charge in [-0.3, -0.25) is 4.79 Å². The van der Waals surface area contributed by atoms with Gasteiger partial charge in [0.1, 0.15) is 5.75 Å². The molecule has 2 N–H and O–H groups in total. The number of hydrazone groups is 1. The van der Waals surface area contributed by atoms with Gasteiger partial charge in [0, 0.05) is 22.2 Å². The number of benzene rings is 2. The zero-order chi connectivity index (χ0) is 16.9. The van der Waals surface area contributed by atoms with Crippen LogP contribution in [0.3, 0.4) is 0 Å². The van der Waals surface area contributed by atoms with E-state index in [0.717, 1.165) is 27.7 Å². The molecule has 1 heterocycles. The van der Waals surface area contributed by atoms with Gasteiger partial charge in [-0.15, -0.1) is 0 Å². The summed E-state index contributed by atoms with van der Waals surface area (Å²) in [5, 5.41) is 5.10. The monoisotopic (exact) mass is 321 g/mol. The van der Waals surface area contributed by atoms with Gasteiger partial charge in [0.15, 0.2) is 6.61 Å². The Balaban J connectivity index is 1.58. The van der Waals surface area contributed by atoms with E-state index in [4.69, 9.17) is 4.74 Å². The normalized spacial score (nSPS) is 11.1. The molecule has 0 aliphatic rings. The molecule has 24 heavy (non-hydrogen) atoms. The van der Waals surface area contributed by atoms with Gasteiger partial charge >= 0.3 is 0 Å². The summed E-state index contributed by atoms with van der Waals surface area (Å²) in [6.07, 6.45) is 1.65. The number of rotatable bonds is 5. The first-order chi connectivity index (χ1) is 11.6. The van der Waals surface area contributed by atoms with Crippen molar-refractivity contribution in [1.29, 1.82) is 0 Å². The third kappa shape index (κ3) is 3.63. The highest BCUT2D eigenvalue weighted by molar-refractivity contribution is 6.00. The van der Waals surface area contributed by atoms with Crippen LogP contribution in [0, 0.1) is 13.8 Å². The number of amides is 1. The number of nitrogens with zero attached hydrogens (tertiary/aromatic N) is 1. The Hall–Kier alpha value is -3.08. The molecule has 0 aliphatic carbocycles. The second-order valence-electron chi connectivity index (χ2n) is 5.60. The maximum Gasteiger partial charge on any atom is 0.277 e. The molecule has 0 saturated heterocycles. The predicted octanol–water partition coefficient (Wildman–Crippen LogP) is 3.31. The van der Waals surface area contributed by atoms with Gasteiger partial charge in [0.05, 0.1) is 6.21 Å². The number of aryl methyl sites for hydroxylation is 2. The number of aromatic nitrogens is 1. The molecule has 5 heteroatoms. The Bertz CT molecular complexity index is 879. The van der Waals surface area contributed by atoms with Crippen LogP contribution in [-0.4, -0.2) is 23.7 Å². The largest absolute Gasteiger partial charge is 0.484 e. The molecular formula is C19H19N3O2. The molecule has 122 valence electrons. The third-order valence-electron chi connectivity index (χ3n) is 3.72. The highest BCUT2D eigenvalue weighted by Gasteiger charge is 2.06. The SMILES string of the molecule is Cc1ccc(OCC(=O)N/N=C/c2c(C)[nH]c3ccccc23)cc1. The molecule has 0 fully saturated rings. The van der Waals surface area contributed by atoms with E-state index in [1.807, 2.05) is 62.4 Å². The average Bonchev–Trinajstić information content (AvgIpc) is 2.90. The lowest BCUT2D eigenvalue weighted by Crippen LogP contribution is -2.24. The second-order valence-corrected chi connectivity index (χ2v) is 5.60. The molecule has 3 rings (SSSR count). The van der Waals surface area contributed by atoms with E-state index in [-0.39, 0.29) is 12.5 Å². The number of ether oxygens (including phenoxy) is 1. The molecule has 0 bridgehead atoms. The van der Waals surface area contributed by atoms with Crippen LogP contribution in [0.25, 0.3) is 10.9 Å². The van der Waals surface area contributed by atoms with Crippen molar-refractivity contribution < 1.29 is 9.53 Å². The molecule has 2 aromatic carbocycles. The van der Waals surface area contributed by atoms with Crippen molar-refractivity contribution in [2.45, 2.75) is 13.8 Å². The van der Waals surface area contributed by atoms with Crippen molar-refractivity contribution in [3.8, 4) is 5.75 Å². The Kier molecular flexibility index (Phi) is 4.61. The summed E-state index contributed by atoms with van der Waals surface area (Å²) in [6.45, 7) is 3.90. The van der Waals surface area contributed by atoms with Crippen LogP contribution in [0.4, 0.5) is 0 Å². The molecule has 0 atom stereocenters. The number of H-pyrrole nitrogens is 1. The number of hydrogen-bond acceptors (Lipinski definition) is 3. The first-order valence-corrected chi connectivity index (χ1v) is 7.72. The van der Waals surface area contributed by atoms with E-state index in [0.29, 0.717) is 5.75 Å². The van der Waals surface area contributed by atoms with E-state index in [1.165, 1.54) is 0 Å². The summed E-state index contributed by atoms with van der Waals surface area (Å²) in [5.41, 5.74) is 6.64. The van der Waals surface area contributed by atoms with Crippen molar-refractivity contribution in [3.05, 3.63) is 65.4 Å². The number of fused-ring (bicyclic) bond motifs is 1. The average molecular weight is 321 g/mol. The predicted molar refractivity (Wildman–Crippen MR) is 95.4 cm³/mol. The molecule has 3 aromatic rings. The fourth-order valence-corrected chi connectivity index (χ4v) is 2.45. The minimum atomic E-state index is -0.302. The number of para-hydroxylation sites is 1. The van der Waals surface area contributed by atoms with Gasteiger partial charge in [0.2, 0.25) is 0 Å². The minimum Gasteiger partial charge on any atom is -0.484 e. The van der Waals surface area contributed by atoms with Crippen LogP contribution < -0.4 is 10.2 Å². The fraction of sp³-hybridized carbons (Fsp3) is 0.158. The van der Waals surface area contributed by atoms with E-state index < -0.39 is 0 Å². The quantitative estimate of drug-likeness (QED) is 0.559. The van der Waals surface area contributed by atoms with Gasteiger partial charge in [-0.25, -0.2) is 5.43 Å². The van der Waals surface area contributed by atoms with Crippen LogP contribution in [0.5, 0.6) is 5.75 Å². The van der Waals surface area contributed by atoms with Crippen molar-refractivity contribution in [2.24, 2.45) is 5.10 Å². The van der Waals surface area contributed by atoms with Gasteiger partial charge in [-0.05, 0) is 32.0 Å². The number of aromatic amines is 1. The van der Waals surface area contributed by atoms with Gasteiger partial charge in [-0.1, -0.05) is 35.9 Å². The summed E-state index contributed by atoms with van der Waals surface area (Å²) in [7, 11) is 0. The topological polar surface area (TPSA) is 66.5 Å². The summed E-state index contributed by atoms with van der Waals surface area (Å²) in [6, 6.07) is 15.5. The number of nitrogens with one attached hydrogen (secondary N) is 2. The van der Waals surface area contributed by atoms with Crippen molar-refractivity contribution in [2.75, 3.05) is 6.61 Å². The first kappa shape index (κ1) is 15.8. The number of carbonyl (C=O) groups is 1. The van der Waals surface area contributed by atoms with E-state index in [1.54, 1.807) is 6.21 Å². The van der Waals surface area contributed by atoms with Crippen molar-refractivity contribution in [3.63, 3.8) is 0 Å². The van der Waals surface area contributed by atoms with Crippen molar-refractivity contribution >= 4 is 23.0 Å². The highest BCUT2D eigenvalue weighted by Crippen LogP contribution is 2.19. The molecule has 0 radical (unpaired) electrons. The van der Waals surface area contributed by atoms with Crippen LogP contribution in [0.2, 0.25) is 0 Å². The van der Waals surface area contributed by atoms with Gasteiger partial charge in [-0.2, -0.15) is 5.10 Å². The first-order valence-electron chi connectivity index (χ1n) is 7.72. The van der Waals surface area contributed by atoms with E-state index in [2.05, 4.69) is 15.5 Å². The smallest absolute Gasteiger partial charge is 0.277 e. The fourth-order valence-electron chi connectivity index (χ4n) is 2.45. The van der Waals surface area contributed by atoms with Crippen LogP contribution in [0.1, 0.15) is 16.8 Å². The molecule has 0 aliphatic heterocycles. The zero-order valence-corrected chi connectivity index (χ0v) is 13.7. The van der Waals surface area contributed by atoms with Gasteiger partial charge in [0.25, 0.3) is 5.91 Å². The summed E-state index contributed by atoms with van der Waals surface area (Å²) in [4.78, 5) is 15.1. The summed E-state index contributed by atoms with van der Waals surface area (Å²) >= 11 is 0. The van der Waals surface area contributed by atoms with E-state index in [9.17, 15) is 4.79 Å². The molecule has 1 amide bonds. The maximum absolute atomic E-state index is 11.8. The zero-order valence-electron chi connectivity index (χ0n) is 13.7. The molecule has 1 aromatic heterocycles. The number of carbonyl (C=O) groups excluding carboxylic acids is 1. The van der Waals surface area contributed by atoms with Crippen LogP contribution >= 0.6 is 0 Å². The molecule has 0 spiro atoms. The Morgan fingerprint density at radius 1 is 1.17 bits per heavy atom. The molecule has 0 saturated carbocycles. The van der Waals surface area contributed by atoms with Gasteiger partial charge < -0.3 is 9.72 Å². The summed E-state index contributed by atoms with van der Waals surface area (Å²) < 4.78 is 5.41. The van der Waals surface area contributed by atoms with E-state index >= 15 is 0 Å². The maximum atomic E-state index is 11.8. The van der Waals surface area contributed by atoms with Crippen LogP contribution in [-0.2, 0) is 4.79 Å². The standard InChI is InChI=1S/C19H19N3O2/c1-13-7-9-15(10-8-13)24-12-19(23)22-20-11-17-14(2)21-18-6-4-3-5-16(17)18/h3-11,21H,12H2,1-2H3,(H,22,23)/b20-11+. The lowest BCUT2D eigenvalue weighted by Gasteiger charge is -2.05. The highest BCUT2D eigenvalue weighted by atomic mass is 16.5. The lowest BCUT2D eigenvalue weighted by atomic mass is 10.1.